The Hall–Kier alpha value is -3.39. The largest absolute Gasteiger partial charge is 0.493 e. The molecule has 0 spiro atoms. The molecule has 0 aliphatic carbocycles. The van der Waals surface area contributed by atoms with E-state index in [-0.39, 0.29) is 22.2 Å². The fourth-order valence-corrected chi connectivity index (χ4v) is 3.52. The SMILES string of the molecule is COc1ccc(S(=O)(=O)Oc2ccc(C(=O)c3ccc(F)cc3)cc2)cc1OC. The van der Waals surface area contributed by atoms with E-state index >= 15 is 0 Å². The van der Waals surface area contributed by atoms with Gasteiger partial charge in [0, 0.05) is 17.2 Å². The summed E-state index contributed by atoms with van der Waals surface area (Å²) >= 11 is 0. The van der Waals surface area contributed by atoms with Gasteiger partial charge in [-0.1, -0.05) is 0 Å². The quantitative estimate of drug-likeness (QED) is 0.430. The molecule has 3 aromatic rings. The average Bonchev–Trinajstić information content (AvgIpc) is 2.73. The van der Waals surface area contributed by atoms with Crippen molar-refractivity contribution in [3.63, 3.8) is 0 Å². The Morgan fingerprint density at radius 3 is 1.90 bits per heavy atom. The van der Waals surface area contributed by atoms with Crippen molar-refractivity contribution in [1.29, 1.82) is 0 Å². The molecule has 0 heterocycles. The predicted molar refractivity (Wildman–Crippen MR) is 104 cm³/mol. The van der Waals surface area contributed by atoms with E-state index in [4.69, 9.17) is 13.7 Å². The van der Waals surface area contributed by atoms with Crippen molar-refractivity contribution in [3.8, 4) is 17.2 Å². The first-order valence-corrected chi connectivity index (χ1v) is 9.82. The van der Waals surface area contributed by atoms with Crippen LogP contribution in [-0.2, 0) is 10.1 Å². The number of benzene rings is 3. The van der Waals surface area contributed by atoms with E-state index in [1.54, 1.807) is 0 Å². The number of ether oxygens (including phenoxy) is 2. The maximum atomic E-state index is 13.0. The van der Waals surface area contributed by atoms with Gasteiger partial charge in [0.2, 0.25) is 0 Å². The summed E-state index contributed by atoms with van der Waals surface area (Å²) in [7, 11) is -1.29. The Bertz CT molecular complexity index is 1120. The number of carbonyl (C=O) groups excluding carboxylic acids is 1. The van der Waals surface area contributed by atoms with Gasteiger partial charge in [-0.15, -0.1) is 0 Å². The normalized spacial score (nSPS) is 11.0. The van der Waals surface area contributed by atoms with Crippen LogP contribution in [0.25, 0.3) is 0 Å². The lowest BCUT2D eigenvalue weighted by Gasteiger charge is -2.11. The first-order chi connectivity index (χ1) is 13.8. The second-order valence-electron chi connectivity index (χ2n) is 5.91. The van der Waals surface area contributed by atoms with E-state index in [9.17, 15) is 17.6 Å². The van der Waals surface area contributed by atoms with Gasteiger partial charge in [-0.3, -0.25) is 4.79 Å². The van der Waals surface area contributed by atoms with Gasteiger partial charge in [0.1, 0.15) is 16.5 Å². The lowest BCUT2D eigenvalue weighted by atomic mass is 10.0. The maximum Gasteiger partial charge on any atom is 0.339 e. The number of carbonyl (C=O) groups is 1. The molecular formula is C21H17FO6S. The molecule has 8 heteroatoms. The van der Waals surface area contributed by atoms with E-state index in [0.717, 1.165) is 0 Å². The lowest BCUT2D eigenvalue weighted by molar-refractivity contribution is 0.103. The fraction of sp³-hybridized carbons (Fsp3) is 0.0952. The molecule has 0 saturated carbocycles. The summed E-state index contributed by atoms with van der Waals surface area (Å²) in [5, 5.41) is 0. The Labute approximate surface area is 167 Å². The Morgan fingerprint density at radius 1 is 0.793 bits per heavy atom. The number of hydrogen-bond donors (Lipinski definition) is 0. The van der Waals surface area contributed by atoms with Gasteiger partial charge in [-0.2, -0.15) is 8.42 Å². The van der Waals surface area contributed by atoms with Crippen LogP contribution in [-0.4, -0.2) is 28.4 Å². The molecule has 0 amide bonds. The van der Waals surface area contributed by atoms with Crippen molar-refractivity contribution < 1.29 is 31.3 Å². The van der Waals surface area contributed by atoms with Crippen molar-refractivity contribution >= 4 is 15.9 Å². The van der Waals surface area contributed by atoms with Crippen LogP contribution < -0.4 is 13.7 Å². The molecule has 0 saturated heterocycles. The van der Waals surface area contributed by atoms with Crippen LogP contribution in [0, 0.1) is 5.82 Å². The van der Waals surface area contributed by atoms with Crippen molar-refractivity contribution in [2.75, 3.05) is 14.2 Å². The van der Waals surface area contributed by atoms with Gasteiger partial charge < -0.3 is 13.7 Å². The highest BCUT2D eigenvalue weighted by Gasteiger charge is 2.20. The third kappa shape index (κ3) is 4.55. The molecule has 0 radical (unpaired) electrons. The maximum absolute atomic E-state index is 13.0. The minimum atomic E-state index is -4.12. The molecule has 0 N–H and O–H groups in total. The standard InChI is InChI=1S/C21H17FO6S/c1-26-19-12-11-18(13-20(19)27-2)29(24,25)28-17-9-5-15(6-10-17)21(23)14-3-7-16(22)8-4-14/h3-13H,1-2H3. The summed E-state index contributed by atoms with van der Waals surface area (Å²) in [6.07, 6.45) is 0. The second-order valence-corrected chi connectivity index (χ2v) is 7.46. The fourth-order valence-electron chi connectivity index (χ4n) is 2.58. The van der Waals surface area contributed by atoms with Crippen LogP contribution in [0.1, 0.15) is 15.9 Å². The molecular weight excluding hydrogens is 399 g/mol. The number of methoxy groups -OCH3 is 2. The summed E-state index contributed by atoms with van der Waals surface area (Å²) in [4.78, 5) is 12.3. The Morgan fingerprint density at radius 2 is 1.34 bits per heavy atom. The van der Waals surface area contributed by atoms with Gasteiger partial charge in [0.05, 0.1) is 14.2 Å². The third-order valence-electron chi connectivity index (χ3n) is 4.07. The van der Waals surface area contributed by atoms with Crippen LogP contribution in [0.3, 0.4) is 0 Å². The Balaban J connectivity index is 1.80. The van der Waals surface area contributed by atoms with Gasteiger partial charge >= 0.3 is 10.1 Å². The van der Waals surface area contributed by atoms with E-state index < -0.39 is 15.9 Å². The van der Waals surface area contributed by atoms with Gasteiger partial charge in [0.15, 0.2) is 17.3 Å². The zero-order valence-electron chi connectivity index (χ0n) is 15.6. The molecule has 150 valence electrons. The zero-order valence-corrected chi connectivity index (χ0v) is 16.4. The molecule has 6 nitrogen and oxygen atoms in total. The van der Waals surface area contributed by atoms with E-state index in [2.05, 4.69) is 0 Å². The van der Waals surface area contributed by atoms with Crippen molar-refractivity contribution in [2.45, 2.75) is 4.90 Å². The lowest BCUT2D eigenvalue weighted by Crippen LogP contribution is -2.10. The summed E-state index contributed by atoms with van der Waals surface area (Å²) < 4.78 is 53.4. The zero-order chi connectivity index (χ0) is 21.0. The summed E-state index contributed by atoms with van der Waals surface area (Å²) in [6, 6.07) is 14.8. The summed E-state index contributed by atoms with van der Waals surface area (Å²) in [6.45, 7) is 0. The average molecular weight is 416 g/mol. The molecule has 0 fully saturated rings. The molecule has 0 aromatic heterocycles. The van der Waals surface area contributed by atoms with E-state index in [0.29, 0.717) is 16.9 Å². The van der Waals surface area contributed by atoms with Crippen molar-refractivity contribution in [3.05, 3.63) is 83.7 Å². The van der Waals surface area contributed by atoms with Crippen LogP contribution in [0.4, 0.5) is 4.39 Å². The number of rotatable bonds is 7. The summed E-state index contributed by atoms with van der Waals surface area (Å²) in [5.74, 6) is -0.0899. The van der Waals surface area contributed by atoms with Crippen LogP contribution >= 0.6 is 0 Å². The third-order valence-corrected chi connectivity index (χ3v) is 5.32. The molecule has 0 aliphatic heterocycles. The molecule has 0 unspecified atom stereocenters. The van der Waals surface area contributed by atoms with Gasteiger partial charge in [-0.25, -0.2) is 4.39 Å². The monoisotopic (exact) mass is 416 g/mol. The predicted octanol–water partition coefficient (Wildman–Crippen LogP) is 3.84. The number of ketones is 1. The minimum absolute atomic E-state index is 0.0374. The highest BCUT2D eigenvalue weighted by Crippen LogP contribution is 2.30. The van der Waals surface area contributed by atoms with E-state index in [1.165, 1.54) is 80.9 Å². The number of hydrogen-bond acceptors (Lipinski definition) is 6. The molecule has 0 aliphatic rings. The topological polar surface area (TPSA) is 78.9 Å². The Kier molecular flexibility index (Phi) is 5.84. The van der Waals surface area contributed by atoms with Gasteiger partial charge in [-0.05, 0) is 60.7 Å². The van der Waals surface area contributed by atoms with E-state index in [1.807, 2.05) is 0 Å². The summed E-state index contributed by atoms with van der Waals surface area (Å²) in [5.41, 5.74) is 0.630. The van der Waals surface area contributed by atoms with Crippen molar-refractivity contribution in [2.24, 2.45) is 0 Å². The van der Waals surface area contributed by atoms with Crippen LogP contribution in [0.15, 0.2) is 71.6 Å². The minimum Gasteiger partial charge on any atom is -0.493 e. The first kappa shape index (κ1) is 20.3. The van der Waals surface area contributed by atoms with Gasteiger partial charge in [0.25, 0.3) is 0 Å². The van der Waals surface area contributed by atoms with Crippen LogP contribution in [0.2, 0.25) is 0 Å². The molecule has 0 atom stereocenters. The first-order valence-electron chi connectivity index (χ1n) is 8.41. The smallest absolute Gasteiger partial charge is 0.339 e. The highest BCUT2D eigenvalue weighted by molar-refractivity contribution is 7.87. The molecule has 0 bridgehead atoms. The van der Waals surface area contributed by atoms with Crippen LogP contribution in [0.5, 0.6) is 17.2 Å². The molecule has 3 aromatic carbocycles. The second kappa shape index (κ2) is 8.32. The van der Waals surface area contributed by atoms with Crippen molar-refractivity contribution in [1.82, 2.24) is 0 Å². The highest BCUT2D eigenvalue weighted by atomic mass is 32.2. The number of halogens is 1. The molecule has 3 rings (SSSR count). The molecule has 29 heavy (non-hydrogen) atoms.